The number of fused-ring (bicyclic) bond motifs is 1. The molecule has 28 heavy (non-hydrogen) atoms. The summed E-state index contributed by atoms with van der Waals surface area (Å²) in [4.78, 5) is 37.9. The zero-order valence-corrected chi connectivity index (χ0v) is 16.2. The number of aromatic nitrogens is 4. The van der Waals surface area contributed by atoms with Crippen LogP contribution in [0.25, 0.3) is 11.2 Å². The van der Waals surface area contributed by atoms with Crippen LogP contribution >= 0.6 is 11.8 Å². The van der Waals surface area contributed by atoms with E-state index in [1.165, 1.54) is 30.6 Å². The number of aryl methyl sites for hydroxylation is 1. The number of thioether (sulfide) groups is 1. The summed E-state index contributed by atoms with van der Waals surface area (Å²) in [5.41, 5.74) is 1.47. The zero-order valence-electron chi connectivity index (χ0n) is 15.4. The molecule has 2 aromatic heterocycles. The summed E-state index contributed by atoms with van der Waals surface area (Å²) in [6.45, 7) is 0.467. The number of hydrogen-bond acceptors (Lipinski definition) is 6. The largest absolute Gasteiger partial charge is 0.353 e. The van der Waals surface area contributed by atoms with Crippen molar-refractivity contribution < 1.29 is 4.79 Å². The highest BCUT2D eigenvalue weighted by Gasteiger charge is 2.20. The van der Waals surface area contributed by atoms with Crippen LogP contribution in [-0.2, 0) is 17.8 Å². The van der Waals surface area contributed by atoms with Gasteiger partial charge in [0.1, 0.15) is 0 Å². The number of nitrogens with zero attached hydrogens (tertiary/aromatic N) is 4. The maximum Gasteiger partial charge on any atom is 0.282 e. The van der Waals surface area contributed by atoms with E-state index in [1.807, 2.05) is 30.3 Å². The van der Waals surface area contributed by atoms with Gasteiger partial charge in [-0.15, -0.1) is 0 Å². The summed E-state index contributed by atoms with van der Waals surface area (Å²) >= 11 is 1.27. The van der Waals surface area contributed by atoms with Gasteiger partial charge in [-0.25, -0.2) is 15.0 Å². The van der Waals surface area contributed by atoms with Gasteiger partial charge in [0.2, 0.25) is 5.91 Å². The lowest BCUT2D eigenvalue weighted by Gasteiger charge is -2.26. The maximum atomic E-state index is 13.0. The van der Waals surface area contributed by atoms with Gasteiger partial charge in [-0.3, -0.25) is 14.2 Å². The van der Waals surface area contributed by atoms with Crippen molar-refractivity contribution >= 4 is 28.8 Å². The Labute approximate surface area is 166 Å². The first-order valence-corrected chi connectivity index (χ1v) is 10.4. The molecule has 0 unspecified atom stereocenters. The molecule has 0 aliphatic heterocycles. The molecule has 1 aromatic carbocycles. The molecule has 1 amide bonds. The number of carbonyl (C=O) groups excluding carboxylic acids is 1. The molecule has 2 heterocycles. The Morgan fingerprint density at radius 3 is 2.71 bits per heavy atom. The normalized spacial score (nSPS) is 14.0. The predicted octanol–water partition coefficient (Wildman–Crippen LogP) is 2.19. The molecule has 1 fully saturated rings. The lowest BCUT2D eigenvalue weighted by atomic mass is 9.93. The minimum Gasteiger partial charge on any atom is -0.353 e. The van der Waals surface area contributed by atoms with Gasteiger partial charge in [-0.2, -0.15) is 0 Å². The van der Waals surface area contributed by atoms with Crippen LogP contribution in [0.4, 0.5) is 0 Å². The van der Waals surface area contributed by atoms with Crippen molar-refractivity contribution in [2.24, 2.45) is 0 Å². The number of amides is 1. The van der Waals surface area contributed by atoms with Crippen molar-refractivity contribution in [1.82, 2.24) is 24.8 Å². The standard InChI is InChI=1S/C20H21N5O2S/c26-16(23-15-7-4-8-15)13-28-20-24-18-17(21-10-11-22-18)19(27)25(20)12-9-14-5-2-1-3-6-14/h1-3,5-6,10-11,15H,4,7-9,12-13H2,(H,23,26). The molecule has 1 aliphatic rings. The van der Waals surface area contributed by atoms with Gasteiger partial charge in [0, 0.05) is 25.0 Å². The zero-order chi connectivity index (χ0) is 19.3. The highest BCUT2D eigenvalue weighted by atomic mass is 32.2. The second kappa shape index (κ2) is 8.52. The lowest BCUT2D eigenvalue weighted by molar-refractivity contribution is -0.119. The number of carbonyl (C=O) groups is 1. The predicted molar refractivity (Wildman–Crippen MR) is 108 cm³/mol. The van der Waals surface area contributed by atoms with E-state index in [-0.39, 0.29) is 22.7 Å². The average Bonchev–Trinajstić information content (AvgIpc) is 2.69. The smallest absolute Gasteiger partial charge is 0.282 e. The third-order valence-corrected chi connectivity index (χ3v) is 5.81. The van der Waals surface area contributed by atoms with E-state index >= 15 is 0 Å². The second-order valence-electron chi connectivity index (χ2n) is 6.80. The Kier molecular flexibility index (Phi) is 5.66. The molecule has 8 heteroatoms. The molecule has 0 atom stereocenters. The van der Waals surface area contributed by atoms with Gasteiger partial charge in [0.05, 0.1) is 5.75 Å². The molecule has 144 valence electrons. The quantitative estimate of drug-likeness (QED) is 0.487. The SMILES string of the molecule is O=C(CSc1nc2nccnc2c(=O)n1CCc1ccccc1)NC1CCC1. The molecule has 0 radical (unpaired) electrons. The van der Waals surface area contributed by atoms with E-state index in [2.05, 4.69) is 20.3 Å². The van der Waals surface area contributed by atoms with Crippen molar-refractivity contribution in [3.8, 4) is 0 Å². The topological polar surface area (TPSA) is 89.8 Å². The van der Waals surface area contributed by atoms with Crippen molar-refractivity contribution in [3.05, 3.63) is 58.6 Å². The van der Waals surface area contributed by atoms with E-state index < -0.39 is 0 Å². The van der Waals surface area contributed by atoms with Gasteiger partial charge < -0.3 is 5.32 Å². The molecule has 3 aromatic rings. The van der Waals surface area contributed by atoms with E-state index in [4.69, 9.17) is 0 Å². The van der Waals surface area contributed by atoms with Crippen LogP contribution < -0.4 is 10.9 Å². The molecule has 0 bridgehead atoms. The third-order valence-electron chi connectivity index (χ3n) is 4.83. The average molecular weight is 395 g/mol. The summed E-state index contributed by atoms with van der Waals surface area (Å²) in [7, 11) is 0. The van der Waals surface area contributed by atoms with Gasteiger partial charge >= 0.3 is 0 Å². The van der Waals surface area contributed by atoms with Crippen LogP contribution in [0.3, 0.4) is 0 Å². The maximum absolute atomic E-state index is 13.0. The van der Waals surface area contributed by atoms with E-state index in [0.29, 0.717) is 29.8 Å². The summed E-state index contributed by atoms with van der Waals surface area (Å²) in [5, 5.41) is 3.51. The first-order valence-electron chi connectivity index (χ1n) is 9.38. The number of nitrogens with one attached hydrogen (secondary N) is 1. The van der Waals surface area contributed by atoms with Gasteiger partial charge in [0.15, 0.2) is 16.3 Å². The van der Waals surface area contributed by atoms with Gasteiger partial charge in [-0.05, 0) is 31.2 Å². The van der Waals surface area contributed by atoms with E-state index in [1.54, 1.807) is 4.57 Å². The molecule has 4 rings (SSSR count). The number of hydrogen-bond donors (Lipinski definition) is 1. The Morgan fingerprint density at radius 2 is 1.96 bits per heavy atom. The highest BCUT2D eigenvalue weighted by Crippen LogP contribution is 2.20. The van der Waals surface area contributed by atoms with Crippen molar-refractivity contribution in [2.45, 2.75) is 43.4 Å². The molecule has 1 N–H and O–H groups in total. The molecule has 1 aliphatic carbocycles. The fourth-order valence-corrected chi connectivity index (χ4v) is 3.90. The van der Waals surface area contributed by atoms with Crippen LogP contribution in [0.2, 0.25) is 0 Å². The number of benzene rings is 1. The van der Waals surface area contributed by atoms with Crippen LogP contribution in [0.5, 0.6) is 0 Å². The Balaban J connectivity index is 1.57. The Morgan fingerprint density at radius 1 is 1.18 bits per heavy atom. The Hall–Kier alpha value is -2.74. The minimum absolute atomic E-state index is 0.0298. The Bertz CT molecular complexity index is 1030. The fraction of sp³-hybridized carbons (Fsp3) is 0.350. The first kappa shape index (κ1) is 18.6. The van der Waals surface area contributed by atoms with Crippen molar-refractivity contribution in [1.29, 1.82) is 0 Å². The van der Waals surface area contributed by atoms with Crippen LogP contribution in [-0.4, -0.2) is 37.2 Å². The van der Waals surface area contributed by atoms with Gasteiger partial charge in [0.25, 0.3) is 5.56 Å². The van der Waals surface area contributed by atoms with E-state index in [0.717, 1.165) is 18.4 Å². The lowest BCUT2D eigenvalue weighted by Crippen LogP contribution is -2.40. The summed E-state index contributed by atoms with van der Waals surface area (Å²) in [6.07, 6.45) is 6.95. The molecule has 1 saturated carbocycles. The minimum atomic E-state index is -0.226. The van der Waals surface area contributed by atoms with Crippen molar-refractivity contribution in [2.75, 3.05) is 5.75 Å². The molecule has 0 saturated heterocycles. The van der Waals surface area contributed by atoms with Gasteiger partial charge in [-0.1, -0.05) is 42.1 Å². The monoisotopic (exact) mass is 395 g/mol. The van der Waals surface area contributed by atoms with Crippen LogP contribution in [0, 0.1) is 0 Å². The van der Waals surface area contributed by atoms with Crippen LogP contribution in [0.15, 0.2) is 52.7 Å². The molecular weight excluding hydrogens is 374 g/mol. The van der Waals surface area contributed by atoms with Crippen molar-refractivity contribution in [3.63, 3.8) is 0 Å². The first-order chi connectivity index (χ1) is 13.7. The molecular formula is C20H21N5O2S. The second-order valence-corrected chi connectivity index (χ2v) is 7.74. The summed E-state index contributed by atoms with van der Waals surface area (Å²) in [5.74, 6) is 0.192. The highest BCUT2D eigenvalue weighted by molar-refractivity contribution is 7.99. The summed E-state index contributed by atoms with van der Waals surface area (Å²) < 4.78 is 1.60. The third kappa shape index (κ3) is 4.22. The molecule has 7 nitrogen and oxygen atoms in total. The summed E-state index contributed by atoms with van der Waals surface area (Å²) in [6, 6.07) is 10.3. The number of rotatable bonds is 7. The fourth-order valence-electron chi connectivity index (χ4n) is 3.07. The van der Waals surface area contributed by atoms with Crippen LogP contribution in [0.1, 0.15) is 24.8 Å². The van der Waals surface area contributed by atoms with E-state index in [9.17, 15) is 9.59 Å². The molecule has 0 spiro atoms.